The van der Waals surface area contributed by atoms with Crippen LogP contribution in [0.25, 0.3) is 10.8 Å². The van der Waals surface area contributed by atoms with Crippen molar-refractivity contribution in [3.05, 3.63) is 42.0 Å². The number of fused-ring (bicyclic) bond motifs is 1. The zero-order chi connectivity index (χ0) is 18.9. The molecule has 0 aromatic heterocycles. The fourth-order valence-corrected chi connectivity index (χ4v) is 4.94. The van der Waals surface area contributed by atoms with Crippen molar-refractivity contribution >= 4 is 16.7 Å². The fourth-order valence-electron chi connectivity index (χ4n) is 4.94. The second-order valence-electron chi connectivity index (χ2n) is 7.65. The smallest absolute Gasteiger partial charge is 0.243 e. The van der Waals surface area contributed by atoms with E-state index in [4.69, 9.17) is 4.74 Å². The van der Waals surface area contributed by atoms with Gasteiger partial charge in [-0.2, -0.15) is 0 Å². The largest absolute Gasteiger partial charge is 0.496 e. The summed E-state index contributed by atoms with van der Waals surface area (Å²) in [5.41, 5.74) is 0.841. The summed E-state index contributed by atoms with van der Waals surface area (Å²) in [6.45, 7) is 2.95. The van der Waals surface area contributed by atoms with Gasteiger partial charge in [-0.05, 0) is 49.2 Å². The zero-order valence-corrected chi connectivity index (χ0v) is 16.0. The maximum Gasteiger partial charge on any atom is 0.243 e. The lowest BCUT2D eigenvalue weighted by atomic mass is 9.85. The molecule has 5 nitrogen and oxygen atoms in total. The van der Waals surface area contributed by atoms with Gasteiger partial charge in [0, 0.05) is 25.0 Å². The monoisotopic (exact) mass is 368 g/mol. The maximum absolute atomic E-state index is 13.3. The van der Waals surface area contributed by atoms with E-state index in [1.54, 1.807) is 7.11 Å². The third-order valence-electron chi connectivity index (χ3n) is 6.25. The maximum atomic E-state index is 13.3. The predicted molar refractivity (Wildman–Crippen MR) is 106 cm³/mol. The Hall–Kier alpha value is -2.11. The van der Waals surface area contributed by atoms with Crippen LogP contribution in [0.5, 0.6) is 5.75 Å². The molecule has 2 aliphatic rings. The highest BCUT2D eigenvalue weighted by molar-refractivity contribution is 5.91. The van der Waals surface area contributed by atoms with Crippen molar-refractivity contribution in [1.29, 1.82) is 0 Å². The minimum Gasteiger partial charge on any atom is -0.496 e. The van der Waals surface area contributed by atoms with Crippen molar-refractivity contribution in [2.75, 3.05) is 33.4 Å². The standard InChI is InChI=1S/C22H28N2O3/c1-27-20-9-8-17(18-6-2-3-7-19(18)20)16-24-13-5-11-22(24)10-4-12-23(14-15-25)21(22)26/h2-3,6-9,25H,4-5,10-16H2,1H3. The van der Waals surface area contributed by atoms with Crippen molar-refractivity contribution in [3.63, 3.8) is 0 Å². The molecule has 1 amide bonds. The first-order valence-electron chi connectivity index (χ1n) is 9.89. The highest BCUT2D eigenvalue weighted by atomic mass is 16.5. The van der Waals surface area contributed by atoms with Crippen LogP contribution >= 0.6 is 0 Å². The number of likely N-dealkylation sites (tertiary alicyclic amines) is 2. The third kappa shape index (κ3) is 3.09. The first kappa shape index (κ1) is 18.3. The fraction of sp³-hybridized carbons (Fsp3) is 0.500. The molecule has 0 radical (unpaired) electrons. The lowest BCUT2D eigenvalue weighted by Crippen LogP contribution is -2.60. The van der Waals surface area contributed by atoms with E-state index >= 15 is 0 Å². The van der Waals surface area contributed by atoms with E-state index in [1.807, 2.05) is 17.0 Å². The van der Waals surface area contributed by atoms with Gasteiger partial charge in [-0.15, -0.1) is 0 Å². The quantitative estimate of drug-likeness (QED) is 0.882. The van der Waals surface area contributed by atoms with Crippen LogP contribution in [0, 0.1) is 0 Å². The summed E-state index contributed by atoms with van der Waals surface area (Å²) in [6.07, 6.45) is 3.89. The summed E-state index contributed by atoms with van der Waals surface area (Å²) in [6, 6.07) is 12.5. The Labute approximate surface area is 160 Å². The second kappa shape index (κ2) is 7.49. The third-order valence-corrected chi connectivity index (χ3v) is 6.25. The topological polar surface area (TPSA) is 53.0 Å². The van der Waals surface area contributed by atoms with Crippen LogP contribution in [0.2, 0.25) is 0 Å². The molecule has 1 unspecified atom stereocenters. The molecule has 5 heteroatoms. The number of benzene rings is 2. The second-order valence-corrected chi connectivity index (χ2v) is 7.65. The number of hydrogen-bond acceptors (Lipinski definition) is 4. The van der Waals surface area contributed by atoms with E-state index in [9.17, 15) is 9.90 Å². The average molecular weight is 368 g/mol. The van der Waals surface area contributed by atoms with Crippen molar-refractivity contribution < 1.29 is 14.6 Å². The van der Waals surface area contributed by atoms with Crippen LogP contribution in [-0.4, -0.2) is 59.7 Å². The Morgan fingerprint density at radius 2 is 1.81 bits per heavy atom. The van der Waals surface area contributed by atoms with Crippen LogP contribution in [0.4, 0.5) is 0 Å². The molecule has 2 aliphatic heterocycles. The van der Waals surface area contributed by atoms with Gasteiger partial charge >= 0.3 is 0 Å². The Morgan fingerprint density at radius 3 is 2.56 bits per heavy atom. The summed E-state index contributed by atoms with van der Waals surface area (Å²) in [7, 11) is 1.70. The first-order chi connectivity index (χ1) is 13.2. The van der Waals surface area contributed by atoms with E-state index in [-0.39, 0.29) is 12.5 Å². The summed E-state index contributed by atoms with van der Waals surface area (Å²) >= 11 is 0. The van der Waals surface area contributed by atoms with Gasteiger partial charge in [-0.25, -0.2) is 0 Å². The van der Waals surface area contributed by atoms with Gasteiger partial charge in [-0.1, -0.05) is 30.3 Å². The number of hydrogen-bond donors (Lipinski definition) is 1. The average Bonchev–Trinajstić information content (AvgIpc) is 3.09. The number of piperidine rings is 1. The van der Waals surface area contributed by atoms with Gasteiger partial charge in [0.15, 0.2) is 0 Å². The van der Waals surface area contributed by atoms with Gasteiger partial charge in [0.05, 0.1) is 13.7 Å². The number of β-amino-alcohol motifs (C(OH)–C–C–N with tert-alkyl or cyclic N) is 1. The van der Waals surface area contributed by atoms with Gasteiger partial charge in [-0.3, -0.25) is 9.69 Å². The molecule has 2 aromatic rings. The van der Waals surface area contributed by atoms with Crippen molar-refractivity contribution in [2.24, 2.45) is 0 Å². The van der Waals surface area contributed by atoms with Crippen LogP contribution in [0.15, 0.2) is 36.4 Å². The van der Waals surface area contributed by atoms with E-state index in [0.717, 1.165) is 56.5 Å². The Balaban J connectivity index is 1.66. The molecule has 0 aliphatic carbocycles. The molecule has 1 atom stereocenters. The number of carbonyl (C=O) groups excluding carboxylic acids is 1. The van der Waals surface area contributed by atoms with Crippen LogP contribution in [0.1, 0.15) is 31.2 Å². The molecule has 27 heavy (non-hydrogen) atoms. The highest BCUT2D eigenvalue weighted by Crippen LogP contribution is 2.40. The summed E-state index contributed by atoms with van der Waals surface area (Å²) in [5, 5.41) is 11.6. The molecule has 0 saturated carbocycles. The van der Waals surface area contributed by atoms with E-state index in [2.05, 4.69) is 29.2 Å². The molecule has 2 heterocycles. The minimum atomic E-state index is -0.394. The van der Waals surface area contributed by atoms with E-state index in [1.165, 1.54) is 10.9 Å². The predicted octanol–water partition coefficient (Wildman–Crippen LogP) is 2.80. The Bertz CT molecular complexity index is 835. The molecule has 2 fully saturated rings. The lowest BCUT2D eigenvalue weighted by Gasteiger charge is -2.44. The van der Waals surface area contributed by atoms with Crippen molar-refractivity contribution in [2.45, 2.75) is 37.8 Å². The van der Waals surface area contributed by atoms with Crippen molar-refractivity contribution in [3.8, 4) is 5.75 Å². The van der Waals surface area contributed by atoms with Crippen LogP contribution < -0.4 is 4.74 Å². The zero-order valence-electron chi connectivity index (χ0n) is 16.0. The lowest BCUT2D eigenvalue weighted by molar-refractivity contribution is -0.148. The molecule has 1 N–H and O–H groups in total. The first-order valence-corrected chi connectivity index (χ1v) is 9.89. The van der Waals surface area contributed by atoms with Crippen LogP contribution in [0.3, 0.4) is 0 Å². The number of amides is 1. The molecule has 1 spiro atoms. The number of aliphatic hydroxyl groups excluding tert-OH is 1. The number of carbonyl (C=O) groups is 1. The number of rotatable bonds is 5. The SMILES string of the molecule is COc1ccc(CN2CCCC23CCCN(CCO)C3=O)c2ccccc12. The number of ether oxygens (including phenoxy) is 1. The molecule has 2 aromatic carbocycles. The highest BCUT2D eigenvalue weighted by Gasteiger charge is 2.50. The number of aliphatic hydroxyl groups is 1. The summed E-state index contributed by atoms with van der Waals surface area (Å²) in [4.78, 5) is 17.5. The summed E-state index contributed by atoms with van der Waals surface area (Å²) in [5.74, 6) is 1.09. The van der Waals surface area contributed by atoms with Gasteiger partial charge in [0.1, 0.15) is 11.3 Å². The molecule has 2 saturated heterocycles. The summed E-state index contributed by atoms with van der Waals surface area (Å²) < 4.78 is 5.52. The number of nitrogens with zero attached hydrogens (tertiary/aromatic N) is 2. The normalized spacial score (nSPS) is 23.5. The Kier molecular flexibility index (Phi) is 5.06. The van der Waals surface area contributed by atoms with Gasteiger partial charge in [0.2, 0.25) is 5.91 Å². The van der Waals surface area contributed by atoms with E-state index < -0.39 is 5.54 Å². The molecular formula is C22H28N2O3. The minimum absolute atomic E-state index is 0.0327. The number of methoxy groups -OCH3 is 1. The van der Waals surface area contributed by atoms with Crippen LogP contribution in [-0.2, 0) is 11.3 Å². The molecule has 144 valence electrons. The van der Waals surface area contributed by atoms with Gasteiger partial charge < -0.3 is 14.7 Å². The molecular weight excluding hydrogens is 340 g/mol. The molecule has 4 rings (SSSR count). The van der Waals surface area contributed by atoms with E-state index in [0.29, 0.717) is 6.54 Å². The molecule has 0 bridgehead atoms. The van der Waals surface area contributed by atoms with Crippen molar-refractivity contribution in [1.82, 2.24) is 9.80 Å². The van der Waals surface area contributed by atoms with Gasteiger partial charge in [0.25, 0.3) is 0 Å². The Morgan fingerprint density at radius 1 is 1.07 bits per heavy atom.